The van der Waals surface area contributed by atoms with Crippen molar-refractivity contribution in [1.29, 1.82) is 0 Å². The van der Waals surface area contributed by atoms with Crippen molar-refractivity contribution < 1.29 is 63.0 Å². The molecular formula is C53H87NO13. The number of aliphatic hydroxyl groups excluding tert-OH is 2. The maximum Gasteiger partial charge on any atom is 0.329 e. The first-order valence-corrected chi connectivity index (χ1v) is 23.9. The van der Waals surface area contributed by atoms with Gasteiger partial charge in [-0.05, 0) is 107 Å². The molecule has 15 atom stereocenters. The number of piperidine rings is 1. The topological polar surface area (TPSA) is 195 Å². The highest BCUT2D eigenvalue weighted by Gasteiger charge is 2.53. The molecule has 0 spiro atoms. The van der Waals surface area contributed by atoms with Crippen LogP contribution in [-0.4, -0.2) is 132 Å². The molecule has 1 amide bonds. The molecule has 0 aromatic heterocycles. The standard InChI is InChI=1S/C51H79NO13.2CH4/c1-30-16-12-11-13-17-31(2)42(61-8)28-38-21-19-36(7)51(60,65-38)48(57)49(58)52-23-15-14-18-39(52)50(59)64-43(33(4)26-37-20-22-40(53)44(27-37)62-9)29-41(54)32(3)25-35(6)46(56)47(63-10)45(55)34(5)24-30;;/h11-13,16-17,25,30,32-34,36-40,42-44,46-47,53,56,60H,14-15,18-24,26-29H2,1-10H3;2*1H4/b13-11+,16-12+,31-17+,35-25+;;/t30-,32-,33-,34-,36-,37?,38+,39+,40-,42+,43+,44-,46-,47+,51-;;/m1../s1. The molecule has 0 aromatic carbocycles. The Hall–Kier alpha value is -3.37. The zero-order valence-electron chi connectivity index (χ0n) is 40.6. The van der Waals surface area contributed by atoms with Gasteiger partial charge in [-0.3, -0.25) is 19.2 Å². The minimum absolute atomic E-state index is 0. The Morgan fingerprint density at radius 1 is 0.836 bits per heavy atom. The monoisotopic (exact) mass is 946 g/mol. The molecule has 14 nitrogen and oxygen atoms in total. The number of rotatable bonds is 6. The van der Waals surface area contributed by atoms with E-state index in [0.717, 1.165) is 12.0 Å². The second-order valence-electron chi connectivity index (χ2n) is 19.6. The number of cyclic esters (lactones) is 1. The maximum absolute atomic E-state index is 14.4. The lowest BCUT2D eigenvalue weighted by molar-refractivity contribution is -0.265. The van der Waals surface area contributed by atoms with Crippen molar-refractivity contribution in [1.82, 2.24) is 4.90 Å². The molecule has 0 radical (unpaired) electrons. The number of fused-ring (bicyclic) bond motifs is 3. The second kappa shape index (κ2) is 27.7. The van der Waals surface area contributed by atoms with Gasteiger partial charge in [0.2, 0.25) is 5.79 Å². The molecule has 1 saturated carbocycles. The molecule has 1 aliphatic carbocycles. The van der Waals surface area contributed by atoms with E-state index in [1.165, 1.54) is 12.0 Å². The first-order valence-electron chi connectivity index (χ1n) is 23.9. The maximum atomic E-state index is 14.4. The number of carbonyl (C=O) groups excluding carboxylic acids is 5. The molecule has 3 fully saturated rings. The van der Waals surface area contributed by atoms with E-state index in [2.05, 4.69) is 0 Å². The zero-order chi connectivity index (χ0) is 48.2. The van der Waals surface area contributed by atoms with Gasteiger partial charge in [-0.25, -0.2) is 4.79 Å². The van der Waals surface area contributed by atoms with Gasteiger partial charge < -0.3 is 43.9 Å². The van der Waals surface area contributed by atoms with E-state index in [4.69, 9.17) is 23.7 Å². The predicted octanol–water partition coefficient (Wildman–Crippen LogP) is 7.45. The lowest BCUT2D eigenvalue weighted by Gasteiger charge is -2.42. The van der Waals surface area contributed by atoms with Crippen molar-refractivity contribution in [2.75, 3.05) is 27.9 Å². The third kappa shape index (κ3) is 15.8. The van der Waals surface area contributed by atoms with Crippen LogP contribution in [0.15, 0.2) is 47.6 Å². The van der Waals surface area contributed by atoms with E-state index >= 15 is 0 Å². The fourth-order valence-electron chi connectivity index (χ4n) is 10.1. The third-order valence-corrected chi connectivity index (χ3v) is 14.5. The Morgan fingerprint density at radius 2 is 1.54 bits per heavy atom. The van der Waals surface area contributed by atoms with Crippen molar-refractivity contribution in [2.24, 2.45) is 35.5 Å². The number of hydrogen-bond acceptors (Lipinski definition) is 13. The van der Waals surface area contributed by atoms with Gasteiger partial charge in [-0.2, -0.15) is 0 Å². The van der Waals surface area contributed by atoms with E-state index in [-0.39, 0.29) is 69.7 Å². The molecule has 1 unspecified atom stereocenters. The molecule has 3 N–H and O–H groups in total. The van der Waals surface area contributed by atoms with Gasteiger partial charge in [-0.15, -0.1) is 0 Å². The lowest BCUT2D eigenvalue weighted by atomic mass is 9.78. The SMILES string of the molecule is C.C.CO[C@H]1C[C@@H]2CC[C@@H](C)[C@@](O)(O2)C(=O)C(=O)N2CCCC[C@H]2C(=O)O[C@H]([C@H](C)CC2CC[C@@H](O)[C@H](OC)C2)CC(=O)[C@H](C)/C=C(\C)[C@@H](O)[C@@H](OC)C(=O)[C@H](C)C[C@H](C)/C=C/C=C/C=C/1C. The number of nitrogens with zero attached hydrogens (tertiary/aromatic N) is 1. The number of methoxy groups -OCH3 is 3. The van der Waals surface area contributed by atoms with Crippen LogP contribution in [-0.2, 0) is 47.7 Å². The van der Waals surface area contributed by atoms with Crippen molar-refractivity contribution in [2.45, 2.75) is 195 Å². The van der Waals surface area contributed by atoms with Crippen molar-refractivity contribution in [3.63, 3.8) is 0 Å². The molecule has 382 valence electrons. The van der Waals surface area contributed by atoms with Gasteiger partial charge >= 0.3 is 5.97 Å². The number of aliphatic hydroxyl groups is 3. The van der Waals surface area contributed by atoms with Gasteiger partial charge in [0.15, 0.2) is 5.78 Å². The highest BCUT2D eigenvalue weighted by Crippen LogP contribution is 2.38. The largest absolute Gasteiger partial charge is 0.460 e. The Bertz CT molecular complexity index is 1760. The summed E-state index contributed by atoms with van der Waals surface area (Å²) in [6.07, 6.45) is 11.2. The van der Waals surface area contributed by atoms with Crippen LogP contribution >= 0.6 is 0 Å². The van der Waals surface area contributed by atoms with E-state index in [1.807, 2.05) is 58.1 Å². The average molecular weight is 946 g/mol. The highest BCUT2D eigenvalue weighted by molar-refractivity contribution is 6.39. The first kappa shape index (κ1) is 59.8. The van der Waals surface area contributed by atoms with E-state index in [1.54, 1.807) is 41.1 Å². The molecule has 0 aromatic rings. The van der Waals surface area contributed by atoms with E-state index < -0.39 is 83.9 Å². The summed E-state index contributed by atoms with van der Waals surface area (Å²) in [4.78, 5) is 71.8. The Morgan fingerprint density at radius 3 is 2.19 bits per heavy atom. The molecule has 3 heterocycles. The van der Waals surface area contributed by atoms with Gasteiger partial charge in [-0.1, -0.05) is 85.9 Å². The molecule has 2 bridgehead atoms. The van der Waals surface area contributed by atoms with E-state index in [9.17, 15) is 39.3 Å². The summed E-state index contributed by atoms with van der Waals surface area (Å²) < 4.78 is 29.4. The molecule has 4 aliphatic rings. The Labute approximate surface area is 401 Å². The summed E-state index contributed by atoms with van der Waals surface area (Å²) >= 11 is 0. The summed E-state index contributed by atoms with van der Waals surface area (Å²) in [6, 6.07) is -1.14. The minimum atomic E-state index is -2.43. The molecule has 67 heavy (non-hydrogen) atoms. The van der Waals surface area contributed by atoms with Crippen LogP contribution < -0.4 is 0 Å². The van der Waals surface area contributed by atoms with Crippen LogP contribution in [0, 0.1) is 35.5 Å². The number of hydrogen-bond donors (Lipinski definition) is 3. The first-order chi connectivity index (χ1) is 30.7. The van der Waals surface area contributed by atoms with Gasteiger partial charge in [0.1, 0.15) is 30.1 Å². The summed E-state index contributed by atoms with van der Waals surface area (Å²) in [7, 11) is 4.52. The van der Waals surface area contributed by atoms with Crippen LogP contribution in [0.4, 0.5) is 0 Å². The predicted molar refractivity (Wildman–Crippen MR) is 259 cm³/mol. The smallest absolute Gasteiger partial charge is 0.329 e. The van der Waals surface area contributed by atoms with Crippen LogP contribution in [0.2, 0.25) is 0 Å². The fraction of sp³-hybridized carbons (Fsp3) is 0.755. The normalized spacial score (nSPS) is 39.2. The summed E-state index contributed by atoms with van der Waals surface area (Å²) in [6.45, 7) is 12.7. The van der Waals surface area contributed by atoms with Gasteiger partial charge in [0, 0.05) is 58.5 Å². The van der Waals surface area contributed by atoms with E-state index in [0.29, 0.717) is 63.4 Å². The van der Waals surface area contributed by atoms with Crippen molar-refractivity contribution >= 4 is 29.2 Å². The molecule has 2 saturated heterocycles. The number of Topliss-reactive ketones (excluding diaryl/α,β-unsaturated/α-hetero) is 3. The third-order valence-electron chi connectivity index (χ3n) is 14.5. The zero-order valence-corrected chi connectivity index (χ0v) is 40.6. The lowest BCUT2D eigenvalue weighted by Crippen LogP contribution is -2.61. The Kier molecular flexibility index (Phi) is 24.7. The average Bonchev–Trinajstić information content (AvgIpc) is 3.28. The minimum Gasteiger partial charge on any atom is -0.460 e. The fourth-order valence-corrected chi connectivity index (χ4v) is 10.1. The number of esters is 1. The summed E-state index contributed by atoms with van der Waals surface area (Å²) in [5.41, 5.74) is 1.27. The molecule has 3 aliphatic heterocycles. The summed E-state index contributed by atoms with van der Waals surface area (Å²) in [5.74, 6) is -7.96. The quantitative estimate of drug-likeness (QED) is 0.135. The number of amides is 1. The molecular weight excluding hydrogens is 859 g/mol. The number of allylic oxidation sites excluding steroid dienone is 6. The second-order valence-corrected chi connectivity index (χ2v) is 19.6. The summed E-state index contributed by atoms with van der Waals surface area (Å²) in [5, 5.41) is 33.8. The van der Waals surface area contributed by atoms with Crippen LogP contribution in [0.3, 0.4) is 0 Å². The Balaban J connectivity index is 0.00000771. The van der Waals surface area contributed by atoms with Crippen LogP contribution in [0.25, 0.3) is 0 Å². The highest BCUT2D eigenvalue weighted by atomic mass is 16.6. The number of carbonyl (C=O) groups is 5. The van der Waals surface area contributed by atoms with Crippen molar-refractivity contribution in [3.8, 4) is 0 Å². The number of ketones is 3. The van der Waals surface area contributed by atoms with Gasteiger partial charge in [0.25, 0.3) is 11.7 Å². The van der Waals surface area contributed by atoms with Gasteiger partial charge in [0.05, 0.1) is 24.4 Å². The van der Waals surface area contributed by atoms with Crippen LogP contribution in [0.5, 0.6) is 0 Å². The van der Waals surface area contributed by atoms with Crippen LogP contribution in [0.1, 0.15) is 140 Å². The molecule has 14 heteroatoms. The molecule has 4 rings (SSSR count). The number of ether oxygens (including phenoxy) is 5. The van der Waals surface area contributed by atoms with Crippen molar-refractivity contribution in [3.05, 3.63) is 47.6 Å².